The number of ketones is 2. The summed E-state index contributed by atoms with van der Waals surface area (Å²) in [5.41, 5.74) is 3.22. The number of methoxy groups -OCH3 is 4. The number of carbonyl (C=O) groups excluding carboxylic acids is 2. The summed E-state index contributed by atoms with van der Waals surface area (Å²) in [5, 5.41) is 0. The molecule has 0 saturated heterocycles. The van der Waals surface area contributed by atoms with Gasteiger partial charge in [0.1, 0.15) is 0 Å². The van der Waals surface area contributed by atoms with Gasteiger partial charge < -0.3 is 23.8 Å². The van der Waals surface area contributed by atoms with Crippen molar-refractivity contribution in [2.45, 2.75) is 0 Å². The molecule has 3 rings (SSSR count). The first-order chi connectivity index (χ1) is 18.8. The lowest BCUT2D eigenvalue weighted by Gasteiger charge is -2.12. The summed E-state index contributed by atoms with van der Waals surface area (Å²) >= 11 is 0. The van der Waals surface area contributed by atoms with E-state index < -0.39 is 11.6 Å². The van der Waals surface area contributed by atoms with Crippen LogP contribution in [0.25, 0.3) is 18.2 Å². The standard InChI is InChI=1S/C32H33NO6/c1-33(2)25-13-7-22(8-14-25)19-26(27(34)15-9-23-11-17-29(36-3)31(20-23)38-5)28(35)16-10-24-12-18-30(37-4)32(21-24)39-6/h7-21H,1-6H3/b15-9+,16-10+. The number of hydrogen-bond donors (Lipinski definition) is 0. The highest BCUT2D eigenvalue weighted by Crippen LogP contribution is 2.29. The molecule has 0 aliphatic carbocycles. The number of hydrogen-bond acceptors (Lipinski definition) is 7. The molecule has 0 spiro atoms. The minimum absolute atomic E-state index is 0.0288. The third-order valence-corrected chi connectivity index (χ3v) is 5.92. The molecule has 202 valence electrons. The fraction of sp³-hybridized carbons (Fsp3) is 0.188. The highest BCUT2D eigenvalue weighted by Gasteiger charge is 2.15. The van der Waals surface area contributed by atoms with Crippen molar-refractivity contribution in [2.24, 2.45) is 0 Å². The summed E-state index contributed by atoms with van der Waals surface area (Å²) in [4.78, 5) is 28.6. The van der Waals surface area contributed by atoms with Gasteiger partial charge in [-0.1, -0.05) is 36.4 Å². The lowest BCUT2D eigenvalue weighted by Crippen LogP contribution is -2.09. The van der Waals surface area contributed by atoms with E-state index in [1.165, 1.54) is 12.2 Å². The average Bonchev–Trinajstić information content (AvgIpc) is 2.97. The predicted octanol–water partition coefficient (Wildman–Crippen LogP) is 5.74. The van der Waals surface area contributed by atoms with E-state index in [-0.39, 0.29) is 5.57 Å². The molecular weight excluding hydrogens is 494 g/mol. The summed E-state index contributed by atoms with van der Waals surface area (Å²) in [5.74, 6) is 1.39. The monoisotopic (exact) mass is 527 g/mol. The van der Waals surface area contributed by atoms with Gasteiger partial charge in [-0.2, -0.15) is 0 Å². The zero-order chi connectivity index (χ0) is 28.4. The van der Waals surface area contributed by atoms with Gasteiger partial charge in [0.15, 0.2) is 34.6 Å². The second-order valence-corrected chi connectivity index (χ2v) is 8.67. The van der Waals surface area contributed by atoms with Crippen LogP contribution in [-0.4, -0.2) is 54.1 Å². The zero-order valence-electron chi connectivity index (χ0n) is 23.1. The van der Waals surface area contributed by atoms with Crippen molar-refractivity contribution in [3.05, 3.63) is 95.1 Å². The topological polar surface area (TPSA) is 74.3 Å². The van der Waals surface area contributed by atoms with Crippen molar-refractivity contribution in [3.8, 4) is 23.0 Å². The Bertz CT molecular complexity index is 1320. The van der Waals surface area contributed by atoms with E-state index in [2.05, 4.69) is 0 Å². The van der Waals surface area contributed by atoms with Crippen LogP contribution in [0.3, 0.4) is 0 Å². The Morgan fingerprint density at radius 1 is 0.590 bits per heavy atom. The molecule has 0 saturated carbocycles. The van der Waals surface area contributed by atoms with Gasteiger partial charge in [-0.3, -0.25) is 9.59 Å². The minimum Gasteiger partial charge on any atom is -0.493 e. The normalized spacial score (nSPS) is 10.8. The first-order valence-corrected chi connectivity index (χ1v) is 12.2. The summed E-state index contributed by atoms with van der Waals surface area (Å²) in [7, 11) is 10.1. The second-order valence-electron chi connectivity index (χ2n) is 8.67. The fourth-order valence-electron chi connectivity index (χ4n) is 3.74. The molecule has 0 heterocycles. The molecule has 3 aromatic rings. The lowest BCUT2D eigenvalue weighted by molar-refractivity contribution is -0.116. The Morgan fingerprint density at radius 2 is 1.00 bits per heavy atom. The fourth-order valence-corrected chi connectivity index (χ4v) is 3.74. The molecule has 7 nitrogen and oxygen atoms in total. The quantitative estimate of drug-likeness (QED) is 0.169. The van der Waals surface area contributed by atoms with E-state index >= 15 is 0 Å². The van der Waals surface area contributed by atoms with Crippen LogP contribution in [0, 0.1) is 0 Å². The Kier molecular flexibility index (Phi) is 10.1. The first-order valence-electron chi connectivity index (χ1n) is 12.2. The summed E-state index contributed by atoms with van der Waals surface area (Å²) in [6.07, 6.45) is 7.63. The minimum atomic E-state index is -0.427. The number of carbonyl (C=O) groups is 2. The molecule has 0 aromatic heterocycles. The molecule has 0 amide bonds. The Balaban J connectivity index is 1.94. The van der Waals surface area contributed by atoms with Crippen LogP contribution in [-0.2, 0) is 9.59 Å². The molecular formula is C32H33NO6. The SMILES string of the molecule is COc1ccc(/C=C/C(=O)C(=Cc2ccc(N(C)C)cc2)C(=O)/C=C/c2ccc(OC)c(OC)c2)cc1OC. The maximum atomic E-state index is 13.3. The Labute approximate surface area is 229 Å². The van der Waals surface area contributed by atoms with Crippen LogP contribution in [0.5, 0.6) is 23.0 Å². The summed E-state index contributed by atoms with van der Waals surface area (Å²) in [6, 6.07) is 18.2. The van der Waals surface area contributed by atoms with Gasteiger partial charge in [0.2, 0.25) is 0 Å². The molecule has 0 bridgehead atoms. The molecule has 3 aromatic carbocycles. The van der Waals surface area contributed by atoms with Crippen LogP contribution in [0.2, 0.25) is 0 Å². The first kappa shape index (κ1) is 28.8. The molecule has 0 atom stereocenters. The van der Waals surface area contributed by atoms with E-state index in [4.69, 9.17) is 18.9 Å². The molecule has 7 heteroatoms. The van der Waals surface area contributed by atoms with Crippen LogP contribution < -0.4 is 23.8 Å². The van der Waals surface area contributed by atoms with Crippen molar-refractivity contribution < 1.29 is 28.5 Å². The van der Waals surface area contributed by atoms with Gasteiger partial charge in [-0.05, 0) is 71.3 Å². The third-order valence-electron chi connectivity index (χ3n) is 5.92. The van der Waals surface area contributed by atoms with Gasteiger partial charge in [0.05, 0.1) is 34.0 Å². The maximum absolute atomic E-state index is 13.3. The van der Waals surface area contributed by atoms with Crippen LogP contribution in [0.1, 0.15) is 16.7 Å². The van der Waals surface area contributed by atoms with Gasteiger partial charge in [-0.25, -0.2) is 0 Å². The molecule has 0 aliphatic heterocycles. The molecule has 39 heavy (non-hydrogen) atoms. The lowest BCUT2D eigenvalue weighted by atomic mass is 10.0. The van der Waals surface area contributed by atoms with Crippen molar-refractivity contribution >= 4 is 35.5 Å². The highest BCUT2D eigenvalue weighted by molar-refractivity contribution is 6.31. The number of nitrogens with zero attached hydrogens (tertiary/aromatic N) is 1. The third kappa shape index (κ3) is 7.61. The predicted molar refractivity (Wildman–Crippen MR) is 156 cm³/mol. The average molecular weight is 528 g/mol. The number of ether oxygens (including phenoxy) is 4. The van der Waals surface area contributed by atoms with E-state index in [1.807, 2.05) is 43.3 Å². The van der Waals surface area contributed by atoms with E-state index in [0.717, 1.165) is 22.4 Å². The van der Waals surface area contributed by atoms with Crippen LogP contribution in [0.4, 0.5) is 5.69 Å². The Hall–Kier alpha value is -4.78. The maximum Gasteiger partial charge on any atom is 0.189 e. The smallest absolute Gasteiger partial charge is 0.189 e. The zero-order valence-corrected chi connectivity index (χ0v) is 23.1. The van der Waals surface area contributed by atoms with Crippen LogP contribution in [0.15, 0.2) is 78.4 Å². The number of anilines is 1. The van der Waals surface area contributed by atoms with Gasteiger partial charge in [0.25, 0.3) is 0 Å². The number of rotatable bonds is 12. The van der Waals surface area contributed by atoms with Crippen molar-refractivity contribution in [2.75, 3.05) is 47.4 Å². The summed E-state index contributed by atoms with van der Waals surface area (Å²) < 4.78 is 21.2. The molecule has 0 N–H and O–H groups in total. The summed E-state index contributed by atoms with van der Waals surface area (Å²) in [6.45, 7) is 0. The van der Waals surface area contributed by atoms with Gasteiger partial charge in [-0.15, -0.1) is 0 Å². The largest absolute Gasteiger partial charge is 0.493 e. The number of benzene rings is 3. The van der Waals surface area contributed by atoms with Crippen molar-refractivity contribution in [1.82, 2.24) is 0 Å². The molecule has 0 aliphatic rings. The highest BCUT2D eigenvalue weighted by atomic mass is 16.5. The van der Waals surface area contributed by atoms with Crippen molar-refractivity contribution in [3.63, 3.8) is 0 Å². The number of allylic oxidation sites excluding steroid dienone is 3. The molecule has 0 unspecified atom stereocenters. The van der Waals surface area contributed by atoms with E-state index in [1.54, 1.807) is 83.1 Å². The van der Waals surface area contributed by atoms with Crippen LogP contribution >= 0.6 is 0 Å². The van der Waals surface area contributed by atoms with Crippen molar-refractivity contribution in [1.29, 1.82) is 0 Å². The van der Waals surface area contributed by atoms with Gasteiger partial charge >= 0.3 is 0 Å². The molecule has 0 fully saturated rings. The second kappa shape index (κ2) is 13.7. The van der Waals surface area contributed by atoms with Gasteiger partial charge in [0, 0.05) is 19.8 Å². The van der Waals surface area contributed by atoms with E-state index in [9.17, 15) is 9.59 Å². The van der Waals surface area contributed by atoms with E-state index in [0.29, 0.717) is 23.0 Å². The Morgan fingerprint density at radius 3 is 1.38 bits per heavy atom. The molecule has 0 radical (unpaired) electrons.